The van der Waals surface area contributed by atoms with Crippen LogP contribution in [0.2, 0.25) is 0 Å². The molecule has 0 radical (unpaired) electrons. The highest BCUT2D eigenvalue weighted by Crippen LogP contribution is 2.31. The lowest BCUT2D eigenvalue weighted by Crippen LogP contribution is -2.48. The average Bonchev–Trinajstić information content (AvgIpc) is 2.53. The quantitative estimate of drug-likeness (QED) is 0.782. The van der Waals surface area contributed by atoms with Crippen LogP contribution in [-0.2, 0) is 6.42 Å². The van der Waals surface area contributed by atoms with Gasteiger partial charge in [0.25, 0.3) is 5.91 Å². The number of aromatic nitrogens is 1. The number of rotatable bonds is 5. The van der Waals surface area contributed by atoms with Gasteiger partial charge in [-0.2, -0.15) is 0 Å². The first-order valence-electron chi connectivity index (χ1n) is 7.83. The van der Waals surface area contributed by atoms with E-state index < -0.39 is 0 Å². The predicted molar refractivity (Wildman–Crippen MR) is 87.2 cm³/mol. The van der Waals surface area contributed by atoms with Crippen molar-refractivity contribution in [3.8, 4) is 0 Å². The molecule has 1 fully saturated rings. The lowest BCUT2D eigenvalue weighted by Gasteiger charge is -2.38. The van der Waals surface area contributed by atoms with E-state index in [0.29, 0.717) is 18.4 Å². The predicted octanol–water partition coefficient (Wildman–Crippen LogP) is 1.49. The number of aromatic amines is 1. The molecule has 5 nitrogen and oxygen atoms in total. The van der Waals surface area contributed by atoms with Crippen LogP contribution in [0.25, 0.3) is 0 Å². The summed E-state index contributed by atoms with van der Waals surface area (Å²) in [6.07, 6.45) is 3.32. The maximum absolute atomic E-state index is 12.4. The molecule has 5 heteroatoms. The molecular formula is C18H20N2O3. The second-order valence-corrected chi connectivity index (χ2v) is 6.10. The van der Waals surface area contributed by atoms with E-state index >= 15 is 0 Å². The lowest BCUT2D eigenvalue weighted by molar-refractivity contribution is 0.0239. The van der Waals surface area contributed by atoms with E-state index in [2.05, 4.69) is 10.3 Å². The maximum Gasteiger partial charge on any atom is 0.252 e. The third-order valence-electron chi connectivity index (χ3n) is 4.38. The van der Waals surface area contributed by atoms with Crippen LogP contribution in [0.5, 0.6) is 0 Å². The molecule has 120 valence electrons. The van der Waals surface area contributed by atoms with Gasteiger partial charge in [0.05, 0.1) is 11.7 Å². The summed E-state index contributed by atoms with van der Waals surface area (Å²) in [6.45, 7) is 0. The van der Waals surface area contributed by atoms with Crippen molar-refractivity contribution < 1.29 is 9.90 Å². The number of pyridine rings is 1. The monoisotopic (exact) mass is 312 g/mol. The molecule has 0 bridgehead atoms. The summed E-state index contributed by atoms with van der Waals surface area (Å²) in [5, 5.41) is 12.6. The zero-order valence-corrected chi connectivity index (χ0v) is 12.7. The molecule has 1 aliphatic rings. The van der Waals surface area contributed by atoms with Crippen molar-refractivity contribution in [3.05, 3.63) is 70.1 Å². The number of carbonyl (C=O) groups excluding carboxylic acids is 1. The number of aliphatic hydroxyl groups excluding tert-OH is 1. The number of hydrogen-bond donors (Lipinski definition) is 3. The van der Waals surface area contributed by atoms with E-state index in [4.69, 9.17) is 0 Å². The summed E-state index contributed by atoms with van der Waals surface area (Å²) >= 11 is 0. The second-order valence-electron chi connectivity index (χ2n) is 6.10. The minimum Gasteiger partial charge on any atom is -0.393 e. The van der Waals surface area contributed by atoms with E-state index in [-0.39, 0.29) is 29.5 Å². The van der Waals surface area contributed by atoms with Gasteiger partial charge in [-0.05, 0) is 36.8 Å². The number of nitrogens with one attached hydrogen (secondary N) is 2. The first-order chi connectivity index (χ1) is 11.1. The molecule has 2 aromatic rings. The highest BCUT2D eigenvalue weighted by molar-refractivity contribution is 5.94. The lowest BCUT2D eigenvalue weighted by atomic mass is 9.75. The van der Waals surface area contributed by atoms with Crippen LogP contribution >= 0.6 is 0 Å². The number of aliphatic hydroxyl groups is 1. The van der Waals surface area contributed by atoms with Gasteiger partial charge in [-0.1, -0.05) is 30.3 Å². The van der Waals surface area contributed by atoms with E-state index in [1.54, 1.807) is 0 Å². The van der Waals surface area contributed by atoms with Crippen LogP contribution in [-0.4, -0.2) is 28.1 Å². The Morgan fingerprint density at radius 2 is 1.96 bits per heavy atom. The molecule has 1 saturated carbocycles. The molecule has 1 aromatic carbocycles. The summed E-state index contributed by atoms with van der Waals surface area (Å²) < 4.78 is 0. The fourth-order valence-electron chi connectivity index (χ4n) is 2.97. The van der Waals surface area contributed by atoms with Crippen molar-refractivity contribution >= 4 is 5.91 Å². The molecule has 1 atom stereocenters. The van der Waals surface area contributed by atoms with E-state index in [1.165, 1.54) is 18.3 Å². The van der Waals surface area contributed by atoms with Crippen molar-refractivity contribution in [2.75, 3.05) is 0 Å². The van der Waals surface area contributed by atoms with Gasteiger partial charge in [-0.25, -0.2) is 0 Å². The van der Waals surface area contributed by atoms with Gasteiger partial charge in [-0.3, -0.25) is 9.59 Å². The maximum atomic E-state index is 12.4. The van der Waals surface area contributed by atoms with Crippen LogP contribution < -0.4 is 10.9 Å². The Morgan fingerprint density at radius 1 is 1.22 bits per heavy atom. The number of carbonyl (C=O) groups is 1. The van der Waals surface area contributed by atoms with E-state index in [0.717, 1.165) is 12.0 Å². The second kappa shape index (κ2) is 6.79. The molecule has 1 unspecified atom stereocenters. The number of benzene rings is 1. The van der Waals surface area contributed by atoms with Crippen LogP contribution in [0, 0.1) is 5.92 Å². The number of amides is 1. The van der Waals surface area contributed by atoms with Crippen molar-refractivity contribution in [3.63, 3.8) is 0 Å². The molecule has 1 amide bonds. The Kier molecular flexibility index (Phi) is 4.57. The summed E-state index contributed by atoms with van der Waals surface area (Å²) in [5.41, 5.74) is 1.35. The molecule has 0 saturated heterocycles. The molecular weight excluding hydrogens is 292 g/mol. The number of H-pyrrole nitrogens is 1. The third kappa shape index (κ3) is 3.87. The molecule has 1 aliphatic carbocycles. The zero-order chi connectivity index (χ0) is 16.2. The van der Waals surface area contributed by atoms with E-state index in [9.17, 15) is 14.7 Å². The fraction of sp³-hybridized carbons (Fsp3) is 0.333. The summed E-state index contributed by atoms with van der Waals surface area (Å²) in [6, 6.07) is 12.8. The highest BCUT2D eigenvalue weighted by Gasteiger charge is 2.34. The van der Waals surface area contributed by atoms with Crippen LogP contribution in [0.15, 0.2) is 53.5 Å². The summed E-state index contributed by atoms with van der Waals surface area (Å²) in [7, 11) is 0. The molecule has 1 heterocycles. The van der Waals surface area contributed by atoms with Crippen molar-refractivity contribution in [1.29, 1.82) is 0 Å². The fourth-order valence-corrected chi connectivity index (χ4v) is 2.97. The smallest absolute Gasteiger partial charge is 0.252 e. The SMILES string of the molecule is O=C(NC(Cc1ccccc1)C1CC(O)C1)c1ccc(=O)[nH]c1. The molecule has 3 rings (SSSR count). The summed E-state index contributed by atoms with van der Waals surface area (Å²) in [5.74, 6) is 0.0699. The van der Waals surface area contributed by atoms with Crippen molar-refractivity contribution in [2.24, 2.45) is 5.92 Å². The minimum atomic E-state index is -0.261. The Hall–Kier alpha value is -2.40. The van der Waals surface area contributed by atoms with Crippen LogP contribution in [0.1, 0.15) is 28.8 Å². The van der Waals surface area contributed by atoms with Crippen molar-refractivity contribution in [2.45, 2.75) is 31.4 Å². The van der Waals surface area contributed by atoms with Gasteiger partial charge in [0.1, 0.15) is 0 Å². The average molecular weight is 312 g/mol. The zero-order valence-electron chi connectivity index (χ0n) is 12.7. The Bertz CT molecular complexity index is 700. The first-order valence-corrected chi connectivity index (χ1v) is 7.83. The molecule has 0 spiro atoms. The Balaban J connectivity index is 1.71. The molecule has 3 N–H and O–H groups in total. The van der Waals surface area contributed by atoms with Gasteiger partial charge in [-0.15, -0.1) is 0 Å². The van der Waals surface area contributed by atoms with E-state index in [1.807, 2.05) is 30.3 Å². The summed E-state index contributed by atoms with van der Waals surface area (Å²) in [4.78, 5) is 26.0. The molecule has 23 heavy (non-hydrogen) atoms. The molecule has 1 aromatic heterocycles. The van der Waals surface area contributed by atoms with Crippen molar-refractivity contribution in [1.82, 2.24) is 10.3 Å². The van der Waals surface area contributed by atoms with Gasteiger partial charge >= 0.3 is 0 Å². The largest absolute Gasteiger partial charge is 0.393 e. The Morgan fingerprint density at radius 3 is 2.57 bits per heavy atom. The molecule has 0 aliphatic heterocycles. The van der Waals surface area contributed by atoms with Gasteiger partial charge in [0.2, 0.25) is 5.56 Å². The first kappa shape index (κ1) is 15.5. The van der Waals surface area contributed by atoms with Gasteiger partial charge in [0.15, 0.2) is 0 Å². The topological polar surface area (TPSA) is 82.2 Å². The standard InChI is InChI=1S/C18H20N2O3/c21-15-9-14(10-15)16(8-12-4-2-1-3-5-12)20-18(23)13-6-7-17(22)19-11-13/h1-7,11,14-16,21H,8-10H2,(H,19,22)(H,20,23). The van der Waals surface area contributed by atoms with Gasteiger partial charge in [0, 0.05) is 18.3 Å². The minimum absolute atomic E-state index is 0.0276. The third-order valence-corrected chi connectivity index (χ3v) is 4.38. The Labute approximate surface area is 134 Å². The van der Waals surface area contributed by atoms with Gasteiger partial charge < -0.3 is 15.4 Å². The normalized spacial score (nSPS) is 21.3. The highest BCUT2D eigenvalue weighted by atomic mass is 16.3. The van der Waals surface area contributed by atoms with Crippen LogP contribution in [0.4, 0.5) is 0 Å². The number of hydrogen-bond acceptors (Lipinski definition) is 3. The van der Waals surface area contributed by atoms with Crippen LogP contribution in [0.3, 0.4) is 0 Å².